The Morgan fingerprint density at radius 1 is 1.67 bits per heavy atom. The molecule has 1 heterocycles. The van der Waals surface area contributed by atoms with Crippen LogP contribution in [0, 0.1) is 10.7 Å². The predicted octanol–water partition coefficient (Wildman–Crippen LogP) is 1.19. The quantitative estimate of drug-likeness (QED) is 0.760. The van der Waals surface area contributed by atoms with Crippen molar-refractivity contribution in [1.29, 1.82) is 0 Å². The van der Waals surface area contributed by atoms with Crippen molar-refractivity contribution in [3.8, 4) is 0 Å². The van der Waals surface area contributed by atoms with Crippen LogP contribution < -0.4 is 5.73 Å². The summed E-state index contributed by atoms with van der Waals surface area (Å²) >= 11 is 5.09. The van der Waals surface area contributed by atoms with E-state index in [4.69, 9.17) is 18.0 Å². The molecule has 0 aliphatic carbocycles. The van der Waals surface area contributed by atoms with Crippen LogP contribution in [0.25, 0.3) is 0 Å². The Hall–Kier alpha value is -1.17. The third-order valence-electron chi connectivity index (χ3n) is 2.29. The van der Waals surface area contributed by atoms with Crippen LogP contribution in [0.2, 0.25) is 0 Å². The highest BCUT2D eigenvalue weighted by atomic mass is 32.1. The van der Waals surface area contributed by atoms with Crippen LogP contribution >= 0.6 is 12.2 Å². The molecule has 1 rings (SSSR count). The molecule has 0 aromatic carbocycles. The van der Waals surface area contributed by atoms with E-state index in [1.807, 2.05) is 20.8 Å². The van der Waals surface area contributed by atoms with Gasteiger partial charge in [0.1, 0.15) is 11.9 Å². The zero-order valence-corrected chi connectivity index (χ0v) is 9.97. The van der Waals surface area contributed by atoms with Crippen molar-refractivity contribution in [3.63, 3.8) is 0 Å². The zero-order chi connectivity index (χ0) is 11.6. The normalized spacial score (nSPS) is 13.1. The van der Waals surface area contributed by atoms with E-state index in [1.54, 1.807) is 4.57 Å². The lowest BCUT2D eigenvalue weighted by molar-refractivity contribution is -0.122. The maximum Gasteiger partial charge on any atom is 0.240 e. The van der Waals surface area contributed by atoms with Gasteiger partial charge in [0.2, 0.25) is 5.91 Å². The number of nitrogens with one attached hydrogen (secondary N) is 1. The third kappa shape index (κ3) is 2.26. The first-order chi connectivity index (χ1) is 6.99. The summed E-state index contributed by atoms with van der Waals surface area (Å²) in [5.74, 6) is 0.479. The second kappa shape index (κ2) is 4.57. The molecule has 0 spiro atoms. The van der Waals surface area contributed by atoms with Gasteiger partial charge in [-0.1, -0.05) is 20.8 Å². The summed E-state index contributed by atoms with van der Waals surface area (Å²) in [6, 6.07) is -0.425. The van der Waals surface area contributed by atoms with E-state index in [1.165, 1.54) is 0 Å². The summed E-state index contributed by atoms with van der Waals surface area (Å²) in [6.45, 7) is 5.83. The Morgan fingerprint density at radius 2 is 2.27 bits per heavy atom. The van der Waals surface area contributed by atoms with Crippen molar-refractivity contribution >= 4 is 18.1 Å². The van der Waals surface area contributed by atoms with Crippen molar-refractivity contribution in [2.45, 2.75) is 33.2 Å². The molecule has 84 valence electrons. The lowest BCUT2D eigenvalue weighted by Crippen LogP contribution is -2.31. The van der Waals surface area contributed by atoms with E-state index in [2.05, 4.69) is 10.2 Å². The average molecular weight is 228 g/mol. The molecular weight excluding hydrogens is 212 g/mol. The number of aryl methyl sites for hydroxylation is 1. The molecule has 0 aliphatic heterocycles. The molecule has 0 aliphatic rings. The highest BCUT2D eigenvalue weighted by Gasteiger charge is 2.24. The SMILES string of the molecule is CCc1n[nH]c(=S)n1C(C(N)=O)C(C)C. The minimum Gasteiger partial charge on any atom is -0.368 e. The average Bonchev–Trinajstić information content (AvgIpc) is 2.47. The van der Waals surface area contributed by atoms with E-state index in [-0.39, 0.29) is 11.8 Å². The maximum atomic E-state index is 11.4. The first kappa shape index (κ1) is 11.9. The summed E-state index contributed by atoms with van der Waals surface area (Å²) in [5.41, 5.74) is 5.37. The van der Waals surface area contributed by atoms with Gasteiger partial charge in [0.25, 0.3) is 0 Å². The number of carbonyl (C=O) groups excluding carboxylic acids is 1. The van der Waals surface area contributed by atoms with E-state index >= 15 is 0 Å². The van der Waals surface area contributed by atoms with Gasteiger partial charge in [-0.3, -0.25) is 14.5 Å². The fourth-order valence-corrected chi connectivity index (χ4v) is 1.89. The van der Waals surface area contributed by atoms with Crippen LogP contribution in [0.4, 0.5) is 0 Å². The van der Waals surface area contributed by atoms with Gasteiger partial charge in [0.15, 0.2) is 4.77 Å². The molecule has 6 heteroatoms. The van der Waals surface area contributed by atoms with Gasteiger partial charge >= 0.3 is 0 Å². The number of rotatable bonds is 4. The highest BCUT2D eigenvalue weighted by Crippen LogP contribution is 2.19. The number of hydrogen-bond donors (Lipinski definition) is 2. The molecule has 1 unspecified atom stereocenters. The van der Waals surface area contributed by atoms with Crippen LogP contribution in [0.1, 0.15) is 32.6 Å². The molecule has 1 amide bonds. The second-order valence-corrected chi connectivity index (χ2v) is 4.15. The number of amides is 1. The Bertz CT molecular complexity index is 406. The van der Waals surface area contributed by atoms with Crippen LogP contribution in [-0.4, -0.2) is 20.7 Å². The van der Waals surface area contributed by atoms with Gasteiger partial charge in [0.05, 0.1) is 0 Å². The van der Waals surface area contributed by atoms with Gasteiger partial charge in [-0.2, -0.15) is 5.10 Å². The molecule has 1 aromatic rings. The third-order valence-corrected chi connectivity index (χ3v) is 2.58. The summed E-state index contributed by atoms with van der Waals surface area (Å²) < 4.78 is 2.16. The van der Waals surface area contributed by atoms with Crippen molar-refractivity contribution in [3.05, 3.63) is 10.6 Å². The Morgan fingerprint density at radius 3 is 2.67 bits per heavy atom. The van der Waals surface area contributed by atoms with Crippen LogP contribution in [0.3, 0.4) is 0 Å². The van der Waals surface area contributed by atoms with Gasteiger partial charge in [0, 0.05) is 6.42 Å². The molecule has 0 saturated carbocycles. The number of nitrogens with two attached hydrogens (primary N) is 1. The number of primary amides is 1. The van der Waals surface area contributed by atoms with Gasteiger partial charge < -0.3 is 5.73 Å². The fraction of sp³-hybridized carbons (Fsp3) is 0.667. The first-order valence-corrected chi connectivity index (χ1v) is 5.35. The lowest BCUT2D eigenvalue weighted by atomic mass is 10.0. The van der Waals surface area contributed by atoms with Gasteiger partial charge in [-0.05, 0) is 18.1 Å². The molecule has 0 bridgehead atoms. The molecule has 1 atom stereocenters. The number of aromatic amines is 1. The lowest BCUT2D eigenvalue weighted by Gasteiger charge is -2.19. The number of nitrogens with zero attached hydrogens (tertiary/aromatic N) is 2. The minimum absolute atomic E-state index is 0.0945. The Labute approximate surface area is 93.7 Å². The van der Waals surface area contributed by atoms with Crippen LogP contribution in [-0.2, 0) is 11.2 Å². The molecule has 0 saturated heterocycles. The largest absolute Gasteiger partial charge is 0.368 e. The van der Waals surface area contributed by atoms with Crippen molar-refractivity contribution in [2.24, 2.45) is 11.7 Å². The van der Waals surface area contributed by atoms with E-state index in [9.17, 15) is 4.79 Å². The van der Waals surface area contributed by atoms with Crippen molar-refractivity contribution in [2.75, 3.05) is 0 Å². The summed E-state index contributed by atoms with van der Waals surface area (Å²) in [7, 11) is 0. The predicted molar refractivity (Wildman–Crippen MR) is 59.9 cm³/mol. The Balaban J connectivity index is 3.27. The number of carbonyl (C=O) groups is 1. The molecule has 5 nitrogen and oxygen atoms in total. The van der Waals surface area contributed by atoms with Gasteiger partial charge in [-0.15, -0.1) is 0 Å². The molecule has 0 fully saturated rings. The standard InChI is InChI=1S/C9H16N4OS/c1-4-6-11-12-9(15)13(6)7(5(2)3)8(10)14/h5,7H,4H2,1-3H3,(H2,10,14)(H,12,15). The smallest absolute Gasteiger partial charge is 0.240 e. The number of hydrogen-bond acceptors (Lipinski definition) is 3. The summed E-state index contributed by atoms with van der Waals surface area (Å²) in [4.78, 5) is 11.4. The second-order valence-electron chi connectivity index (χ2n) is 3.76. The van der Waals surface area contributed by atoms with E-state index in [0.29, 0.717) is 11.2 Å². The number of aromatic nitrogens is 3. The van der Waals surface area contributed by atoms with Crippen LogP contribution in [0.5, 0.6) is 0 Å². The van der Waals surface area contributed by atoms with Crippen molar-refractivity contribution in [1.82, 2.24) is 14.8 Å². The maximum absolute atomic E-state index is 11.4. The van der Waals surface area contributed by atoms with E-state index < -0.39 is 6.04 Å². The minimum atomic E-state index is -0.425. The monoisotopic (exact) mass is 228 g/mol. The number of H-pyrrole nitrogens is 1. The highest BCUT2D eigenvalue weighted by molar-refractivity contribution is 7.71. The molecule has 3 N–H and O–H groups in total. The molecular formula is C9H16N4OS. The van der Waals surface area contributed by atoms with Crippen LogP contribution in [0.15, 0.2) is 0 Å². The molecule has 0 radical (unpaired) electrons. The molecule has 15 heavy (non-hydrogen) atoms. The van der Waals surface area contributed by atoms with Gasteiger partial charge in [-0.25, -0.2) is 0 Å². The summed E-state index contributed by atoms with van der Waals surface area (Å²) in [5, 5.41) is 6.74. The molecule has 1 aromatic heterocycles. The fourth-order valence-electron chi connectivity index (χ4n) is 1.63. The topological polar surface area (TPSA) is 76.7 Å². The van der Waals surface area contributed by atoms with E-state index in [0.717, 1.165) is 5.82 Å². The van der Waals surface area contributed by atoms with Crippen molar-refractivity contribution < 1.29 is 4.79 Å². The Kier molecular flexibility index (Phi) is 3.62. The zero-order valence-electron chi connectivity index (χ0n) is 9.15. The summed E-state index contributed by atoms with van der Waals surface area (Å²) in [6.07, 6.45) is 0.712. The first-order valence-electron chi connectivity index (χ1n) is 4.94.